The summed E-state index contributed by atoms with van der Waals surface area (Å²) in [5.74, 6) is -2.19. The van der Waals surface area contributed by atoms with Gasteiger partial charge in [0.1, 0.15) is 11.6 Å². The fourth-order valence-corrected chi connectivity index (χ4v) is 1.39. The van der Waals surface area contributed by atoms with Gasteiger partial charge < -0.3 is 9.47 Å². The minimum atomic E-state index is -3.06. The van der Waals surface area contributed by atoms with Crippen molar-refractivity contribution >= 4 is 21.9 Å². The maximum atomic E-state index is 13.2. The quantitative estimate of drug-likeness (QED) is 0.805. The van der Waals surface area contributed by atoms with Crippen molar-refractivity contribution in [1.82, 2.24) is 0 Å². The third kappa shape index (κ3) is 2.88. The molecule has 1 rings (SSSR count). The Morgan fingerprint density at radius 2 is 2.06 bits per heavy atom. The third-order valence-electron chi connectivity index (χ3n) is 1.64. The van der Waals surface area contributed by atoms with E-state index in [1.54, 1.807) is 0 Å². The average molecular weight is 299 g/mol. The Kier molecular flexibility index (Phi) is 4.17. The first kappa shape index (κ1) is 12.8. The van der Waals surface area contributed by atoms with Gasteiger partial charge in [-0.3, -0.25) is 0 Å². The lowest BCUT2D eigenvalue weighted by atomic mass is 10.2. The Labute approximate surface area is 97.3 Å². The van der Waals surface area contributed by atoms with Crippen LogP contribution in [-0.2, 0) is 4.74 Å². The predicted molar refractivity (Wildman–Crippen MR) is 52.1 cm³/mol. The van der Waals surface area contributed by atoms with Crippen molar-refractivity contribution in [2.75, 3.05) is 7.11 Å². The predicted octanol–water partition coefficient (Wildman–Crippen LogP) is 2.98. The van der Waals surface area contributed by atoms with Crippen molar-refractivity contribution in [3.8, 4) is 5.75 Å². The number of halogens is 4. The molecule has 0 aromatic heterocycles. The number of carbonyl (C=O) groups is 1. The number of carbonyl (C=O) groups excluding carboxylic acids is 1. The SMILES string of the molecule is COC(=O)c1cc(OC(F)F)c(Br)cc1F. The summed E-state index contributed by atoms with van der Waals surface area (Å²) in [6.45, 7) is -3.06. The molecule has 0 unspecified atom stereocenters. The summed E-state index contributed by atoms with van der Waals surface area (Å²) in [5.41, 5.74) is -0.471. The van der Waals surface area contributed by atoms with Crippen LogP contribution in [0.5, 0.6) is 5.75 Å². The van der Waals surface area contributed by atoms with Gasteiger partial charge in [0.2, 0.25) is 0 Å². The van der Waals surface area contributed by atoms with E-state index in [0.717, 1.165) is 19.2 Å². The van der Waals surface area contributed by atoms with Crippen molar-refractivity contribution < 1.29 is 27.4 Å². The molecule has 0 aliphatic heterocycles. The summed E-state index contributed by atoms with van der Waals surface area (Å²) in [6, 6.07) is 1.70. The maximum absolute atomic E-state index is 13.2. The summed E-state index contributed by atoms with van der Waals surface area (Å²) in [4.78, 5) is 11.1. The van der Waals surface area contributed by atoms with Crippen LogP contribution in [0.2, 0.25) is 0 Å². The van der Waals surface area contributed by atoms with Gasteiger partial charge in [-0.1, -0.05) is 0 Å². The number of hydrogen-bond acceptors (Lipinski definition) is 3. The molecule has 0 fully saturated rings. The van der Waals surface area contributed by atoms with Gasteiger partial charge in [0.25, 0.3) is 0 Å². The van der Waals surface area contributed by atoms with Crippen LogP contribution in [0.15, 0.2) is 16.6 Å². The minimum absolute atomic E-state index is 0.0158. The van der Waals surface area contributed by atoms with Gasteiger partial charge in [-0.15, -0.1) is 0 Å². The van der Waals surface area contributed by atoms with Gasteiger partial charge in [-0.05, 0) is 28.1 Å². The van der Waals surface area contributed by atoms with Crippen molar-refractivity contribution in [2.24, 2.45) is 0 Å². The van der Waals surface area contributed by atoms with E-state index >= 15 is 0 Å². The van der Waals surface area contributed by atoms with Crippen molar-refractivity contribution in [1.29, 1.82) is 0 Å². The van der Waals surface area contributed by atoms with Crippen LogP contribution in [0, 0.1) is 5.82 Å². The van der Waals surface area contributed by atoms with E-state index in [1.165, 1.54) is 0 Å². The van der Waals surface area contributed by atoms with Crippen molar-refractivity contribution in [3.63, 3.8) is 0 Å². The van der Waals surface area contributed by atoms with E-state index in [0.29, 0.717) is 0 Å². The molecule has 3 nitrogen and oxygen atoms in total. The molecule has 1 aromatic rings. The highest BCUT2D eigenvalue weighted by Gasteiger charge is 2.18. The minimum Gasteiger partial charge on any atom is -0.465 e. The summed E-state index contributed by atoms with van der Waals surface area (Å²) in [6.07, 6.45) is 0. The average Bonchev–Trinajstić information content (AvgIpc) is 2.20. The lowest BCUT2D eigenvalue weighted by Gasteiger charge is -2.09. The molecule has 0 N–H and O–H groups in total. The van der Waals surface area contributed by atoms with Crippen LogP contribution < -0.4 is 4.74 Å². The van der Waals surface area contributed by atoms with Gasteiger partial charge >= 0.3 is 12.6 Å². The number of benzene rings is 1. The summed E-state index contributed by atoms with van der Waals surface area (Å²) in [7, 11) is 1.05. The Balaban J connectivity index is 3.16. The molecule has 0 aliphatic carbocycles. The summed E-state index contributed by atoms with van der Waals surface area (Å²) >= 11 is 2.83. The van der Waals surface area contributed by atoms with Crippen LogP contribution >= 0.6 is 15.9 Å². The van der Waals surface area contributed by atoms with E-state index < -0.39 is 24.0 Å². The molecule has 0 heterocycles. The van der Waals surface area contributed by atoms with Crippen LogP contribution in [0.4, 0.5) is 13.2 Å². The van der Waals surface area contributed by atoms with E-state index in [2.05, 4.69) is 25.4 Å². The van der Waals surface area contributed by atoms with Gasteiger partial charge in [0, 0.05) is 0 Å². The van der Waals surface area contributed by atoms with Gasteiger partial charge in [0.05, 0.1) is 17.1 Å². The van der Waals surface area contributed by atoms with Crippen molar-refractivity contribution in [2.45, 2.75) is 6.61 Å². The van der Waals surface area contributed by atoms with E-state index in [1.807, 2.05) is 0 Å². The van der Waals surface area contributed by atoms with E-state index in [9.17, 15) is 18.0 Å². The number of rotatable bonds is 3. The molecular weight excluding hydrogens is 293 g/mol. The van der Waals surface area contributed by atoms with Crippen LogP contribution in [0.1, 0.15) is 10.4 Å². The lowest BCUT2D eigenvalue weighted by Crippen LogP contribution is -2.08. The smallest absolute Gasteiger partial charge is 0.387 e. The topological polar surface area (TPSA) is 35.5 Å². The first-order chi connectivity index (χ1) is 7.45. The molecule has 0 spiro atoms. The summed E-state index contributed by atoms with van der Waals surface area (Å²) < 4.78 is 45.5. The molecular formula is C9H6BrF3O3. The third-order valence-corrected chi connectivity index (χ3v) is 2.26. The molecule has 0 saturated carbocycles. The second-order valence-corrected chi connectivity index (χ2v) is 3.49. The van der Waals surface area contributed by atoms with Gasteiger partial charge in [-0.25, -0.2) is 9.18 Å². The molecule has 0 aliphatic rings. The number of hydrogen-bond donors (Lipinski definition) is 0. The largest absolute Gasteiger partial charge is 0.465 e. The van der Waals surface area contributed by atoms with Crippen LogP contribution in [0.3, 0.4) is 0 Å². The highest BCUT2D eigenvalue weighted by atomic mass is 79.9. The Hall–Kier alpha value is -1.24. The Bertz CT molecular complexity index is 409. The molecule has 1 aromatic carbocycles. The monoisotopic (exact) mass is 298 g/mol. The normalized spacial score (nSPS) is 10.4. The standard InChI is InChI=1S/C9H6BrF3O3/c1-15-8(14)4-2-7(16-9(12)13)5(10)3-6(4)11/h2-3,9H,1H3. The molecule has 88 valence electrons. The first-order valence-electron chi connectivity index (χ1n) is 3.98. The zero-order chi connectivity index (χ0) is 12.3. The maximum Gasteiger partial charge on any atom is 0.387 e. The Morgan fingerprint density at radius 3 is 2.56 bits per heavy atom. The zero-order valence-corrected chi connectivity index (χ0v) is 9.55. The Morgan fingerprint density at radius 1 is 1.44 bits per heavy atom. The van der Waals surface area contributed by atoms with Crippen LogP contribution in [0.25, 0.3) is 0 Å². The van der Waals surface area contributed by atoms with Gasteiger partial charge in [-0.2, -0.15) is 8.78 Å². The first-order valence-corrected chi connectivity index (χ1v) is 4.77. The molecule has 0 amide bonds. The molecule has 7 heteroatoms. The zero-order valence-electron chi connectivity index (χ0n) is 7.97. The molecule has 16 heavy (non-hydrogen) atoms. The fraction of sp³-hybridized carbons (Fsp3) is 0.222. The lowest BCUT2D eigenvalue weighted by molar-refractivity contribution is -0.0504. The van der Waals surface area contributed by atoms with Crippen LogP contribution in [-0.4, -0.2) is 19.7 Å². The molecule has 0 saturated heterocycles. The van der Waals surface area contributed by atoms with E-state index in [4.69, 9.17) is 0 Å². The second kappa shape index (κ2) is 5.20. The number of ether oxygens (including phenoxy) is 2. The number of alkyl halides is 2. The molecule has 0 atom stereocenters. The second-order valence-electron chi connectivity index (χ2n) is 2.63. The van der Waals surface area contributed by atoms with E-state index in [-0.39, 0.29) is 10.2 Å². The molecule has 0 bridgehead atoms. The summed E-state index contributed by atoms with van der Waals surface area (Å²) in [5, 5.41) is 0. The number of methoxy groups -OCH3 is 1. The highest BCUT2D eigenvalue weighted by Crippen LogP contribution is 2.29. The van der Waals surface area contributed by atoms with Gasteiger partial charge in [0.15, 0.2) is 0 Å². The van der Waals surface area contributed by atoms with Crippen molar-refractivity contribution in [3.05, 3.63) is 28.0 Å². The fourth-order valence-electron chi connectivity index (χ4n) is 0.982. The molecule has 0 radical (unpaired) electrons. The number of esters is 1. The highest BCUT2D eigenvalue weighted by molar-refractivity contribution is 9.10.